The number of halogens is 1. The number of piperazine rings is 1. The van der Waals surface area contributed by atoms with Gasteiger partial charge in [0.25, 0.3) is 5.91 Å². The summed E-state index contributed by atoms with van der Waals surface area (Å²) in [6.07, 6.45) is 0. The van der Waals surface area contributed by atoms with Gasteiger partial charge < -0.3 is 15.0 Å². The third-order valence-electron chi connectivity index (χ3n) is 4.96. The normalized spacial score (nSPS) is 15.9. The number of nitrogens with zero attached hydrogens (tertiary/aromatic N) is 2. The monoisotopic (exact) mass is 437 g/mol. The van der Waals surface area contributed by atoms with Crippen molar-refractivity contribution in [3.63, 3.8) is 0 Å². The molecule has 1 fully saturated rings. The number of sulfonamides is 1. The molecule has 0 radical (unpaired) electrons. The predicted molar refractivity (Wildman–Crippen MR) is 113 cm³/mol. The van der Waals surface area contributed by atoms with E-state index in [9.17, 15) is 13.2 Å². The van der Waals surface area contributed by atoms with E-state index in [1.54, 1.807) is 37.3 Å². The minimum absolute atomic E-state index is 0.107. The molecule has 2 aromatic carbocycles. The molecule has 1 N–H and O–H groups in total. The number of hydrogen-bond acceptors (Lipinski definition) is 5. The second-order valence-electron chi connectivity index (χ2n) is 6.98. The molecular weight excluding hydrogens is 414 g/mol. The van der Waals surface area contributed by atoms with Gasteiger partial charge in [0.1, 0.15) is 5.75 Å². The fourth-order valence-corrected chi connectivity index (χ4v) is 4.77. The lowest BCUT2D eigenvalue weighted by Crippen LogP contribution is -2.47. The smallest absolute Gasteiger partial charge is 0.256 e. The van der Waals surface area contributed by atoms with Crippen LogP contribution < -0.4 is 10.1 Å². The van der Waals surface area contributed by atoms with Crippen molar-refractivity contribution < 1.29 is 17.9 Å². The summed E-state index contributed by atoms with van der Waals surface area (Å²) in [5.74, 6) is 0.0279. The molecule has 1 amide bonds. The molecule has 0 aromatic heterocycles. The number of hydrogen-bond donors (Lipinski definition) is 1. The van der Waals surface area contributed by atoms with Gasteiger partial charge in [-0.3, -0.25) is 4.79 Å². The predicted octanol–water partition coefficient (Wildman–Crippen LogP) is 2.85. The van der Waals surface area contributed by atoms with Gasteiger partial charge in [0, 0.05) is 36.8 Å². The molecule has 0 aliphatic carbocycles. The fourth-order valence-electron chi connectivity index (χ4n) is 3.15. The topological polar surface area (TPSA) is 78.9 Å². The first kappa shape index (κ1) is 21.6. The van der Waals surface area contributed by atoms with Crippen molar-refractivity contribution in [2.45, 2.75) is 11.8 Å². The Labute approximate surface area is 176 Å². The minimum atomic E-state index is -3.67. The van der Waals surface area contributed by atoms with Crippen molar-refractivity contribution in [2.75, 3.05) is 45.7 Å². The van der Waals surface area contributed by atoms with Crippen molar-refractivity contribution in [3.05, 3.63) is 52.5 Å². The van der Waals surface area contributed by atoms with E-state index >= 15 is 0 Å². The second-order valence-corrected chi connectivity index (χ2v) is 9.36. The molecule has 1 saturated heterocycles. The highest BCUT2D eigenvalue weighted by Gasteiger charge is 2.28. The van der Waals surface area contributed by atoms with Crippen molar-refractivity contribution in [2.24, 2.45) is 0 Å². The maximum atomic E-state index is 13.0. The highest BCUT2D eigenvalue weighted by Crippen LogP contribution is 2.29. The number of rotatable bonds is 5. The van der Waals surface area contributed by atoms with E-state index in [2.05, 4.69) is 10.2 Å². The average molecular weight is 438 g/mol. The zero-order valence-electron chi connectivity index (χ0n) is 16.6. The van der Waals surface area contributed by atoms with Gasteiger partial charge in [-0.25, -0.2) is 8.42 Å². The van der Waals surface area contributed by atoms with E-state index in [1.807, 2.05) is 7.05 Å². The Morgan fingerprint density at radius 2 is 1.79 bits per heavy atom. The number of anilines is 1. The summed E-state index contributed by atoms with van der Waals surface area (Å²) < 4.78 is 32.8. The number of aryl methyl sites for hydroxylation is 1. The number of likely N-dealkylation sites (N-methyl/N-ethyl adjacent to an activating group) is 1. The number of nitrogens with one attached hydrogen (secondary N) is 1. The fraction of sp³-hybridized carbons (Fsp3) is 0.350. The van der Waals surface area contributed by atoms with E-state index in [-0.39, 0.29) is 10.5 Å². The number of methoxy groups -OCH3 is 1. The maximum Gasteiger partial charge on any atom is 0.256 e. The van der Waals surface area contributed by atoms with Gasteiger partial charge in [-0.2, -0.15) is 4.31 Å². The van der Waals surface area contributed by atoms with E-state index < -0.39 is 15.9 Å². The Hall–Kier alpha value is -2.13. The van der Waals surface area contributed by atoms with Crippen molar-refractivity contribution in [1.29, 1.82) is 0 Å². The number of carbonyl (C=O) groups excluding carboxylic acids is 1. The summed E-state index contributed by atoms with van der Waals surface area (Å²) in [6.45, 7) is 3.96. The van der Waals surface area contributed by atoms with Crippen LogP contribution in [0, 0.1) is 6.92 Å². The van der Waals surface area contributed by atoms with Crippen LogP contribution in [0.5, 0.6) is 5.75 Å². The maximum absolute atomic E-state index is 13.0. The minimum Gasteiger partial charge on any atom is -0.495 e. The van der Waals surface area contributed by atoms with Crippen LogP contribution in [0.25, 0.3) is 0 Å². The molecule has 1 heterocycles. The van der Waals surface area contributed by atoms with Gasteiger partial charge in [0.2, 0.25) is 10.0 Å². The largest absolute Gasteiger partial charge is 0.495 e. The van der Waals surface area contributed by atoms with Crippen LogP contribution in [0.4, 0.5) is 5.69 Å². The van der Waals surface area contributed by atoms with Gasteiger partial charge in [-0.1, -0.05) is 17.7 Å². The first-order valence-corrected chi connectivity index (χ1v) is 11.0. The van der Waals surface area contributed by atoms with Crippen LogP contribution in [0.2, 0.25) is 5.02 Å². The Balaban J connectivity index is 1.89. The van der Waals surface area contributed by atoms with Crippen molar-refractivity contribution in [1.82, 2.24) is 9.21 Å². The molecule has 2 aromatic rings. The highest BCUT2D eigenvalue weighted by atomic mass is 35.5. The van der Waals surface area contributed by atoms with Gasteiger partial charge in [0.15, 0.2) is 0 Å². The molecular formula is C20H24ClN3O4S. The van der Waals surface area contributed by atoms with Crippen LogP contribution in [-0.4, -0.2) is 63.9 Å². The second kappa shape index (κ2) is 8.71. The Morgan fingerprint density at radius 1 is 1.10 bits per heavy atom. The molecule has 1 aliphatic heterocycles. The zero-order valence-corrected chi connectivity index (χ0v) is 18.2. The Bertz CT molecular complexity index is 1020. The first-order chi connectivity index (χ1) is 13.7. The standard InChI is InChI=1S/C20H24ClN3O4S/c1-14-4-6-16(29(26,27)24-10-8-23(2)9-11-24)13-17(14)20(25)22-18-12-15(21)5-7-19(18)28-3/h4-7,12-13H,8-11H2,1-3H3,(H,22,25). The molecule has 7 nitrogen and oxygen atoms in total. The van der Waals surface area contributed by atoms with Crippen molar-refractivity contribution >= 4 is 33.2 Å². The average Bonchev–Trinajstić information content (AvgIpc) is 2.68. The first-order valence-electron chi connectivity index (χ1n) is 9.16. The number of benzene rings is 2. The van der Waals surface area contributed by atoms with Crippen LogP contribution in [0.1, 0.15) is 15.9 Å². The molecule has 29 heavy (non-hydrogen) atoms. The summed E-state index contributed by atoms with van der Waals surface area (Å²) in [7, 11) is -0.216. The Kier molecular flexibility index (Phi) is 6.48. The lowest BCUT2D eigenvalue weighted by Gasteiger charge is -2.31. The van der Waals surface area contributed by atoms with Crippen LogP contribution >= 0.6 is 11.6 Å². The summed E-state index contributed by atoms with van der Waals surface area (Å²) >= 11 is 6.02. The van der Waals surface area contributed by atoms with E-state index in [0.717, 1.165) is 0 Å². The van der Waals surface area contributed by atoms with Crippen LogP contribution in [0.3, 0.4) is 0 Å². The number of amides is 1. The van der Waals surface area contributed by atoms with Gasteiger partial charge >= 0.3 is 0 Å². The summed E-state index contributed by atoms with van der Waals surface area (Å²) in [6, 6.07) is 9.50. The molecule has 0 unspecified atom stereocenters. The molecule has 0 spiro atoms. The van der Waals surface area contributed by atoms with Gasteiger partial charge in [0.05, 0.1) is 17.7 Å². The van der Waals surface area contributed by atoms with Gasteiger partial charge in [-0.15, -0.1) is 0 Å². The quantitative estimate of drug-likeness (QED) is 0.778. The summed E-state index contributed by atoms with van der Waals surface area (Å²) in [5.41, 5.74) is 1.36. The highest BCUT2D eigenvalue weighted by molar-refractivity contribution is 7.89. The molecule has 1 aliphatic rings. The third kappa shape index (κ3) is 4.72. The summed E-state index contributed by atoms with van der Waals surface area (Å²) in [5, 5.41) is 3.21. The van der Waals surface area contributed by atoms with E-state index in [0.29, 0.717) is 48.2 Å². The molecule has 0 atom stereocenters. The lowest BCUT2D eigenvalue weighted by atomic mass is 10.1. The number of carbonyl (C=O) groups is 1. The molecule has 9 heteroatoms. The van der Waals surface area contributed by atoms with Crippen molar-refractivity contribution in [3.8, 4) is 5.75 Å². The SMILES string of the molecule is COc1ccc(Cl)cc1NC(=O)c1cc(S(=O)(=O)N2CCN(C)CC2)ccc1C. The lowest BCUT2D eigenvalue weighted by molar-refractivity contribution is 0.102. The zero-order chi connectivity index (χ0) is 21.2. The third-order valence-corrected chi connectivity index (χ3v) is 7.09. The van der Waals surface area contributed by atoms with Crippen LogP contribution in [0.15, 0.2) is 41.3 Å². The number of ether oxygens (including phenoxy) is 1. The van der Waals surface area contributed by atoms with E-state index in [1.165, 1.54) is 17.5 Å². The molecule has 0 saturated carbocycles. The van der Waals surface area contributed by atoms with Crippen LogP contribution in [-0.2, 0) is 10.0 Å². The summed E-state index contributed by atoms with van der Waals surface area (Å²) in [4.78, 5) is 15.1. The van der Waals surface area contributed by atoms with E-state index in [4.69, 9.17) is 16.3 Å². The molecule has 156 valence electrons. The molecule has 0 bridgehead atoms. The Morgan fingerprint density at radius 3 is 2.45 bits per heavy atom. The molecule has 3 rings (SSSR count). The van der Waals surface area contributed by atoms with Gasteiger partial charge in [-0.05, 0) is 49.9 Å².